The molecule has 0 bridgehead atoms. The fraction of sp³-hybridized carbons (Fsp3) is 0.0357. The molecule has 4 aromatic carbocycles. The Labute approximate surface area is 185 Å². The lowest BCUT2D eigenvalue weighted by Crippen LogP contribution is -2.11. The highest BCUT2D eigenvalue weighted by molar-refractivity contribution is 7.97. The molecular formula is C28H21O2S+. The second-order valence-electron chi connectivity index (χ2n) is 7.34. The number of hydrogen-bond donors (Lipinski definition) is 0. The van der Waals surface area contributed by atoms with E-state index >= 15 is 0 Å². The molecule has 0 aliphatic heterocycles. The highest BCUT2D eigenvalue weighted by Crippen LogP contribution is 2.32. The lowest BCUT2D eigenvalue weighted by molar-refractivity contribution is -0.130. The van der Waals surface area contributed by atoms with E-state index in [0.29, 0.717) is 17.7 Å². The van der Waals surface area contributed by atoms with E-state index in [9.17, 15) is 4.79 Å². The van der Waals surface area contributed by atoms with Crippen LogP contribution in [0.2, 0.25) is 0 Å². The zero-order valence-corrected chi connectivity index (χ0v) is 17.7. The molecule has 31 heavy (non-hydrogen) atoms. The first-order chi connectivity index (χ1) is 15.3. The number of rotatable bonds is 5. The van der Waals surface area contributed by atoms with Gasteiger partial charge in [-0.25, -0.2) is 4.79 Å². The summed E-state index contributed by atoms with van der Waals surface area (Å²) in [5.41, 5.74) is 2.96. The van der Waals surface area contributed by atoms with Crippen LogP contribution in [0.1, 0.15) is 11.1 Å². The third-order valence-electron chi connectivity index (χ3n) is 5.26. The fourth-order valence-electron chi connectivity index (χ4n) is 3.75. The van der Waals surface area contributed by atoms with Gasteiger partial charge in [-0.3, -0.25) is 0 Å². The summed E-state index contributed by atoms with van der Waals surface area (Å²) < 4.78 is 5.67. The summed E-state index contributed by atoms with van der Waals surface area (Å²) in [7, 11) is -0.216. The SMILES string of the molecule is O=C(Oc1ccc([S+](c2ccccc2)c2ccccc2)cc1)C1=Cc2ccccc2C1. The molecule has 2 nitrogen and oxygen atoms in total. The average Bonchev–Trinajstić information content (AvgIpc) is 3.27. The Balaban J connectivity index is 1.37. The van der Waals surface area contributed by atoms with Gasteiger partial charge in [-0.2, -0.15) is 0 Å². The van der Waals surface area contributed by atoms with Crippen LogP contribution in [0.4, 0.5) is 0 Å². The molecule has 0 N–H and O–H groups in total. The number of esters is 1. The molecule has 0 heterocycles. The lowest BCUT2D eigenvalue weighted by Gasteiger charge is -2.09. The number of fused-ring (bicyclic) bond motifs is 1. The quantitative estimate of drug-likeness (QED) is 0.214. The minimum Gasteiger partial charge on any atom is -0.423 e. The third kappa shape index (κ3) is 4.18. The highest BCUT2D eigenvalue weighted by Gasteiger charge is 2.28. The van der Waals surface area contributed by atoms with Gasteiger partial charge >= 0.3 is 5.97 Å². The lowest BCUT2D eigenvalue weighted by atomic mass is 10.1. The molecule has 1 aliphatic rings. The van der Waals surface area contributed by atoms with Gasteiger partial charge in [-0.05, 0) is 65.7 Å². The molecule has 150 valence electrons. The molecule has 1 aliphatic carbocycles. The van der Waals surface area contributed by atoms with Crippen LogP contribution in [0.5, 0.6) is 5.75 Å². The summed E-state index contributed by atoms with van der Waals surface area (Å²) >= 11 is 0. The predicted octanol–water partition coefficient (Wildman–Crippen LogP) is 6.33. The van der Waals surface area contributed by atoms with Gasteiger partial charge < -0.3 is 4.74 Å². The highest BCUT2D eigenvalue weighted by atomic mass is 32.2. The van der Waals surface area contributed by atoms with Gasteiger partial charge in [0.1, 0.15) is 5.75 Å². The molecule has 0 radical (unpaired) electrons. The summed E-state index contributed by atoms with van der Waals surface area (Å²) in [5.74, 6) is 0.282. The number of benzene rings is 4. The van der Waals surface area contributed by atoms with Crippen molar-refractivity contribution in [2.24, 2.45) is 0 Å². The predicted molar refractivity (Wildman–Crippen MR) is 125 cm³/mol. The first-order valence-electron chi connectivity index (χ1n) is 10.2. The number of carbonyl (C=O) groups is 1. The van der Waals surface area contributed by atoms with Crippen molar-refractivity contribution in [3.05, 3.63) is 126 Å². The first-order valence-corrected chi connectivity index (χ1v) is 11.5. The summed E-state index contributed by atoms with van der Waals surface area (Å²) in [6.45, 7) is 0. The van der Waals surface area contributed by atoms with Crippen LogP contribution in [0, 0.1) is 0 Å². The van der Waals surface area contributed by atoms with Crippen molar-refractivity contribution >= 4 is 22.9 Å². The van der Waals surface area contributed by atoms with Crippen LogP contribution in [0.15, 0.2) is 129 Å². The fourth-order valence-corrected chi connectivity index (χ4v) is 5.83. The largest absolute Gasteiger partial charge is 0.423 e. The molecule has 0 saturated heterocycles. The topological polar surface area (TPSA) is 26.3 Å². The summed E-state index contributed by atoms with van der Waals surface area (Å²) in [6, 6.07) is 37.0. The molecule has 0 unspecified atom stereocenters. The number of ether oxygens (including phenoxy) is 1. The Kier molecular flexibility index (Phi) is 5.42. The van der Waals surface area contributed by atoms with E-state index in [0.717, 1.165) is 5.56 Å². The van der Waals surface area contributed by atoms with Crippen molar-refractivity contribution in [3.8, 4) is 5.75 Å². The minimum absolute atomic E-state index is 0.216. The first kappa shape index (κ1) is 19.4. The van der Waals surface area contributed by atoms with Gasteiger partial charge in [-0.15, -0.1) is 0 Å². The van der Waals surface area contributed by atoms with Crippen molar-refractivity contribution in [3.63, 3.8) is 0 Å². The Bertz CT molecular complexity index is 1190. The molecule has 0 fully saturated rings. The zero-order valence-electron chi connectivity index (χ0n) is 16.9. The van der Waals surface area contributed by atoms with E-state index in [2.05, 4.69) is 66.7 Å². The molecule has 3 heteroatoms. The van der Waals surface area contributed by atoms with E-state index in [1.54, 1.807) is 0 Å². The van der Waals surface area contributed by atoms with Crippen molar-refractivity contribution in [1.82, 2.24) is 0 Å². The Morgan fingerprint density at radius 3 is 1.81 bits per heavy atom. The monoisotopic (exact) mass is 421 g/mol. The van der Waals surface area contributed by atoms with Crippen LogP contribution in [0.3, 0.4) is 0 Å². The maximum Gasteiger partial charge on any atom is 0.339 e. The molecule has 0 spiro atoms. The Morgan fingerprint density at radius 1 is 0.645 bits per heavy atom. The van der Waals surface area contributed by atoms with Gasteiger partial charge in [0.2, 0.25) is 0 Å². The molecule has 0 atom stereocenters. The van der Waals surface area contributed by atoms with Gasteiger partial charge in [0.05, 0.1) is 10.9 Å². The maximum atomic E-state index is 12.7. The molecule has 0 saturated carbocycles. The van der Waals surface area contributed by atoms with E-state index in [1.807, 2.05) is 48.5 Å². The van der Waals surface area contributed by atoms with E-state index in [-0.39, 0.29) is 16.9 Å². The van der Waals surface area contributed by atoms with Crippen LogP contribution < -0.4 is 4.74 Å². The van der Waals surface area contributed by atoms with Crippen molar-refractivity contribution in [2.75, 3.05) is 0 Å². The van der Waals surface area contributed by atoms with E-state index in [4.69, 9.17) is 4.74 Å². The van der Waals surface area contributed by atoms with Crippen LogP contribution in [-0.2, 0) is 22.1 Å². The normalized spacial score (nSPS) is 12.4. The summed E-state index contributed by atoms with van der Waals surface area (Å²) in [5, 5.41) is 0. The van der Waals surface area contributed by atoms with E-state index in [1.165, 1.54) is 20.2 Å². The molecule has 0 amide bonds. The maximum absolute atomic E-state index is 12.7. The Morgan fingerprint density at radius 2 is 1.19 bits per heavy atom. The summed E-state index contributed by atoms with van der Waals surface area (Å²) in [6.07, 6.45) is 2.55. The van der Waals surface area contributed by atoms with Crippen molar-refractivity contribution < 1.29 is 9.53 Å². The number of carbonyl (C=O) groups excluding carboxylic acids is 1. The second-order valence-corrected chi connectivity index (χ2v) is 9.36. The number of hydrogen-bond acceptors (Lipinski definition) is 2. The zero-order chi connectivity index (χ0) is 21.0. The van der Waals surface area contributed by atoms with Crippen LogP contribution in [0.25, 0.3) is 6.08 Å². The van der Waals surface area contributed by atoms with Gasteiger partial charge in [0.25, 0.3) is 0 Å². The second kappa shape index (κ2) is 8.66. The van der Waals surface area contributed by atoms with Gasteiger partial charge in [0.15, 0.2) is 14.7 Å². The van der Waals surface area contributed by atoms with Crippen molar-refractivity contribution in [2.45, 2.75) is 21.1 Å². The average molecular weight is 422 g/mol. The van der Waals surface area contributed by atoms with Gasteiger partial charge in [0, 0.05) is 12.0 Å². The summed E-state index contributed by atoms with van der Waals surface area (Å²) in [4.78, 5) is 16.4. The molecular weight excluding hydrogens is 400 g/mol. The molecule has 0 aromatic heterocycles. The van der Waals surface area contributed by atoms with Crippen LogP contribution in [-0.4, -0.2) is 5.97 Å². The van der Waals surface area contributed by atoms with Crippen LogP contribution >= 0.6 is 0 Å². The molecule has 4 aromatic rings. The van der Waals surface area contributed by atoms with E-state index < -0.39 is 0 Å². The van der Waals surface area contributed by atoms with Gasteiger partial charge in [-0.1, -0.05) is 60.7 Å². The standard InChI is InChI=1S/C28H21O2S/c29-28(23-19-21-9-7-8-10-22(21)20-23)30-24-15-17-27(18-16-24)31(25-11-3-1-4-12-25)26-13-5-2-6-14-26/h1-19H,20H2/q+1. The Hall–Kier alpha value is -3.56. The third-order valence-corrected chi connectivity index (χ3v) is 7.49. The van der Waals surface area contributed by atoms with Crippen molar-refractivity contribution in [1.29, 1.82) is 0 Å². The smallest absolute Gasteiger partial charge is 0.339 e. The molecule has 5 rings (SSSR count). The minimum atomic E-state index is -0.283.